The lowest BCUT2D eigenvalue weighted by molar-refractivity contribution is -0.910. The predicted octanol–water partition coefficient (Wildman–Crippen LogP) is 3.06. The van der Waals surface area contributed by atoms with Gasteiger partial charge in [0.25, 0.3) is 0 Å². The number of rotatable bonds is 10. The molecule has 0 aliphatic rings. The molecule has 0 saturated heterocycles. The molecule has 30 heavy (non-hydrogen) atoms. The summed E-state index contributed by atoms with van der Waals surface area (Å²) >= 11 is 5.90. The number of carbonyl (C=O) groups excluding carboxylic acids is 1. The molecule has 0 aliphatic carbocycles. The van der Waals surface area contributed by atoms with E-state index in [4.69, 9.17) is 16.1 Å². The van der Waals surface area contributed by atoms with E-state index in [0.717, 1.165) is 30.8 Å². The summed E-state index contributed by atoms with van der Waals surface area (Å²) in [6, 6.07) is 15.5. The van der Waals surface area contributed by atoms with Crippen molar-refractivity contribution in [3.63, 3.8) is 0 Å². The van der Waals surface area contributed by atoms with Crippen molar-refractivity contribution in [2.75, 3.05) is 13.1 Å². The third-order valence-electron chi connectivity index (χ3n) is 5.17. The number of aryl methyl sites for hydroxylation is 1. The van der Waals surface area contributed by atoms with E-state index in [1.807, 2.05) is 18.2 Å². The van der Waals surface area contributed by atoms with E-state index in [9.17, 15) is 4.79 Å². The smallest absolute Gasteiger partial charge is 0.227 e. The first-order valence-corrected chi connectivity index (χ1v) is 10.7. The molecule has 1 amide bonds. The summed E-state index contributed by atoms with van der Waals surface area (Å²) in [6.45, 7) is 8.04. The molecule has 6 nitrogen and oxygen atoms in total. The van der Waals surface area contributed by atoms with Gasteiger partial charge < -0.3 is 14.7 Å². The quantitative estimate of drug-likeness (QED) is 0.521. The second kappa shape index (κ2) is 10.9. The van der Waals surface area contributed by atoms with Crippen LogP contribution >= 0.6 is 11.6 Å². The van der Waals surface area contributed by atoms with Crippen molar-refractivity contribution in [3.05, 3.63) is 70.6 Å². The number of nitrogens with one attached hydrogen (secondary N) is 2. The number of halogens is 1. The van der Waals surface area contributed by atoms with Gasteiger partial charge in [0.2, 0.25) is 17.6 Å². The molecular formula is C23H28ClN4O2+. The van der Waals surface area contributed by atoms with Crippen LogP contribution in [0.5, 0.6) is 0 Å². The zero-order chi connectivity index (χ0) is 21.3. The number of hydrogen-bond acceptors (Lipinski definition) is 4. The fourth-order valence-corrected chi connectivity index (χ4v) is 3.37. The SMILES string of the molecule is CC[NH+](CC)Cc1ccccc1CNC(=O)CCc1nc(-c2ccc(Cl)cc2)no1. The lowest BCUT2D eigenvalue weighted by atomic mass is 10.1. The Morgan fingerprint density at radius 2 is 1.77 bits per heavy atom. The van der Waals surface area contributed by atoms with Crippen molar-refractivity contribution >= 4 is 17.5 Å². The van der Waals surface area contributed by atoms with Gasteiger partial charge in [-0.2, -0.15) is 4.98 Å². The summed E-state index contributed by atoms with van der Waals surface area (Å²) in [5.74, 6) is 0.904. The maximum Gasteiger partial charge on any atom is 0.227 e. The molecule has 2 aromatic carbocycles. The Hall–Kier alpha value is -2.70. The van der Waals surface area contributed by atoms with Gasteiger partial charge in [0.15, 0.2) is 0 Å². The lowest BCUT2D eigenvalue weighted by Crippen LogP contribution is -3.10. The van der Waals surface area contributed by atoms with E-state index in [0.29, 0.717) is 36.1 Å². The number of carbonyl (C=O) groups is 1. The summed E-state index contributed by atoms with van der Waals surface area (Å²) in [6.07, 6.45) is 0.698. The van der Waals surface area contributed by atoms with E-state index in [1.165, 1.54) is 10.5 Å². The lowest BCUT2D eigenvalue weighted by Gasteiger charge is -2.17. The molecule has 2 N–H and O–H groups in total. The van der Waals surface area contributed by atoms with Gasteiger partial charge in [-0.1, -0.05) is 41.0 Å². The van der Waals surface area contributed by atoms with Crippen LogP contribution in [0.2, 0.25) is 5.02 Å². The Labute approximate surface area is 182 Å². The predicted molar refractivity (Wildman–Crippen MR) is 117 cm³/mol. The summed E-state index contributed by atoms with van der Waals surface area (Å²) in [7, 11) is 0. The van der Waals surface area contributed by atoms with Crippen LogP contribution in [0, 0.1) is 0 Å². The maximum absolute atomic E-state index is 12.3. The molecule has 0 atom stereocenters. The van der Waals surface area contributed by atoms with Crippen molar-refractivity contribution in [1.29, 1.82) is 0 Å². The number of nitrogens with zero attached hydrogens (tertiary/aromatic N) is 2. The van der Waals surface area contributed by atoms with Crippen molar-refractivity contribution in [2.45, 2.75) is 39.8 Å². The summed E-state index contributed by atoms with van der Waals surface area (Å²) < 4.78 is 5.27. The Balaban J connectivity index is 1.51. The first-order valence-electron chi connectivity index (χ1n) is 10.3. The zero-order valence-corrected chi connectivity index (χ0v) is 18.2. The van der Waals surface area contributed by atoms with Crippen LogP contribution in [0.25, 0.3) is 11.4 Å². The number of hydrogen-bond donors (Lipinski definition) is 2. The summed E-state index contributed by atoms with van der Waals surface area (Å²) in [4.78, 5) is 18.2. The number of quaternary nitrogens is 1. The van der Waals surface area contributed by atoms with Crippen LogP contribution in [-0.2, 0) is 24.3 Å². The van der Waals surface area contributed by atoms with Crippen LogP contribution in [0.1, 0.15) is 37.3 Å². The second-order valence-electron chi connectivity index (χ2n) is 7.20. The highest BCUT2D eigenvalue weighted by atomic mass is 35.5. The van der Waals surface area contributed by atoms with Gasteiger partial charge in [0, 0.05) is 35.5 Å². The van der Waals surface area contributed by atoms with E-state index in [1.54, 1.807) is 12.1 Å². The van der Waals surface area contributed by atoms with Crippen LogP contribution in [0.4, 0.5) is 0 Å². The van der Waals surface area contributed by atoms with Crippen LogP contribution in [-0.4, -0.2) is 29.1 Å². The first-order chi connectivity index (χ1) is 14.6. The molecule has 0 radical (unpaired) electrons. The van der Waals surface area contributed by atoms with E-state index < -0.39 is 0 Å². The summed E-state index contributed by atoms with van der Waals surface area (Å²) in [5.41, 5.74) is 3.26. The average Bonchev–Trinajstić information content (AvgIpc) is 3.24. The van der Waals surface area contributed by atoms with E-state index in [2.05, 4.69) is 47.5 Å². The first kappa shape index (κ1) is 22.0. The van der Waals surface area contributed by atoms with Crippen molar-refractivity contribution in [3.8, 4) is 11.4 Å². The van der Waals surface area contributed by atoms with Gasteiger partial charge in [-0.25, -0.2) is 0 Å². The summed E-state index contributed by atoms with van der Waals surface area (Å²) in [5, 5.41) is 7.64. The second-order valence-corrected chi connectivity index (χ2v) is 7.63. The maximum atomic E-state index is 12.3. The molecule has 1 aromatic heterocycles. The fourth-order valence-electron chi connectivity index (χ4n) is 3.25. The molecule has 0 aliphatic heterocycles. The third kappa shape index (κ3) is 6.15. The fraction of sp³-hybridized carbons (Fsp3) is 0.348. The number of benzene rings is 2. The van der Waals surface area contributed by atoms with Crippen molar-refractivity contribution in [2.24, 2.45) is 0 Å². The van der Waals surface area contributed by atoms with Gasteiger partial charge in [-0.05, 0) is 43.7 Å². The highest BCUT2D eigenvalue weighted by Gasteiger charge is 2.12. The topological polar surface area (TPSA) is 72.5 Å². The standard InChI is InChI=1S/C23H27ClN4O2/c1-3-28(4-2)16-19-8-6-5-7-18(19)15-25-21(29)13-14-22-26-23(27-30-22)17-9-11-20(24)12-10-17/h5-12H,3-4,13-16H2,1-2H3,(H,25,29)/p+1. The van der Waals surface area contributed by atoms with Gasteiger partial charge >= 0.3 is 0 Å². The van der Waals surface area contributed by atoms with Gasteiger partial charge in [0.1, 0.15) is 6.54 Å². The van der Waals surface area contributed by atoms with E-state index in [-0.39, 0.29) is 5.91 Å². The van der Waals surface area contributed by atoms with Gasteiger partial charge in [0.05, 0.1) is 13.1 Å². The Morgan fingerprint density at radius 3 is 2.47 bits per heavy atom. The van der Waals surface area contributed by atoms with Gasteiger partial charge in [-0.15, -0.1) is 0 Å². The average molecular weight is 428 g/mol. The Bertz CT molecular complexity index is 952. The Kier molecular flexibility index (Phi) is 7.99. The highest BCUT2D eigenvalue weighted by molar-refractivity contribution is 6.30. The molecule has 0 bridgehead atoms. The molecule has 0 saturated carbocycles. The minimum atomic E-state index is -0.0359. The minimum Gasteiger partial charge on any atom is -0.352 e. The third-order valence-corrected chi connectivity index (χ3v) is 5.42. The van der Waals surface area contributed by atoms with Crippen molar-refractivity contribution < 1.29 is 14.2 Å². The van der Waals surface area contributed by atoms with Gasteiger partial charge in [-0.3, -0.25) is 4.79 Å². The Morgan fingerprint density at radius 1 is 1.07 bits per heavy atom. The minimum absolute atomic E-state index is 0.0359. The van der Waals surface area contributed by atoms with E-state index >= 15 is 0 Å². The number of amides is 1. The number of aromatic nitrogens is 2. The normalized spacial score (nSPS) is 11.1. The van der Waals surface area contributed by atoms with Crippen LogP contribution in [0.3, 0.4) is 0 Å². The molecule has 1 heterocycles. The zero-order valence-electron chi connectivity index (χ0n) is 17.5. The molecule has 0 unspecified atom stereocenters. The van der Waals surface area contributed by atoms with Crippen LogP contribution in [0.15, 0.2) is 53.1 Å². The molecule has 7 heteroatoms. The van der Waals surface area contributed by atoms with Crippen LogP contribution < -0.4 is 10.2 Å². The molecule has 0 fully saturated rings. The monoisotopic (exact) mass is 427 g/mol. The molecular weight excluding hydrogens is 400 g/mol. The molecule has 3 rings (SSSR count). The highest BCUT2D eigenvalue weighted by Crippen LogP contribution is 2.19. The molecule has 0 spiro atoms. The largest absolute Gasteiger partial charge is 0.352 e. The molecule has 158 valence electrons. The molecule has 3 aromatic rings. The van der Waals surface area contributed by atoms with Crippen molar-refractivity contribution in [1.82, 2.24) is 15.5 Å².